The highest BCUT2D eigenvalue weighted by Crippen LogP contribution is 2.13. The predicted molar refractivity (Wildman–Crippen MR) is 45.0 cm³/mol. The van der Waals surface area contributed by atoms with Crippen molar-refractivity contribution in [1.82, 2.24) is 0 Å². The van der Waals surface area contributed by atoms with Crippen LogP contribution in [0.3, 0.4) is 0 Å². The fourth-order valence-electron chi connectivity index (χ4n) is 1.16. The van der Waals surface area contributed by atoms with Crippen molar-refractivity contribution in [3.63, 3.8) is 0 Å². The van der Waals surface area contributed by atoms with Crippen LogP contribution < -0.4 is 0 Å². The minimum atomic E-state index is -0.112. The van der Waals surface area contributed by atoms with E-state index < -0.39 is 0 Å². The summed E-state index contributed by atoms with van der Waals surface area (Å²) in [5.74, 6) is 0.791. The highest BCUT2D eigenvalue weighted by atomic mass is 16.3. The van der Waals surface area contributed by atoms with Crippen molar-refractivity contribution in [2.75, 3.05) is 0 Å². The molecule has 0 aromatic carbocycles. The van der Waals surface area contributed by atoms with E-state index in [9.17, 15) is 0 Å². The van der Waals surface area contributed by atoms with Crippen LogP contribution in [-0.2, 0) is 0 Å². The maximum absolute atomic E-state index is 8.97. The number of rotatable bonds is 5. The smallest absolute Gasteiger partial charge is 0.0512 e. The van der Waals surface area contributed by atoms with Gasteiger partial charge in [-0.3, -0.25) is 0 Å². The molecule has 0 fully saturated rings. The lowest BCUT2D eigenvalue weighted by molar-refractivity contribution is 0.173. The van der Waals surface area contributed by atoms with Crippen LogP contribution in [0.1, 0.15) is 46.5 Å². The fraction of sp³-hybridized carbons (Fsp3) is 1.00. The van der Waals surface area contributed by atoms with Gasteiger partial charge in [0.1, 0.15) is 0 Å². The Labute approximate surface area is 64.5 Å². The molecule has 0 saturated heterocycles. The van der Waals surface area contributed by atoms with Crippen LogP contribution >= 0.6 is 0 Å². The van der Waals surface area contributed by atoms with Crippen molar-refractivity contribution >= 4 is 0 Å². The first-order valence-corrected chi connectivity index (χ1v) is 4.34. The second-order valence-corrected chi connectivity index (χ2v) is 3.32. The van der Waals surface area contributed by atoms with E-state index in [-0.39, 0.29) is 6.10 Å². The van der Waals surface area contributed by atoms with Crippen LogP contribution in [0.2, 0.25) is 0 Å². The molecule has 1 N–H and O–H groups in total. The van der Waals surface area contributed by atoms with E-state index in [1.54, 1.807) is 0 Å². The maximum Gasteiger partial charge on any atom is 0.0512 e. The third-order valence-corrected chi connectivity index (χ3v) is 1.86. The predicted octanol–water partition coefficient (Wildman–Crippen LogP) is 2.58. The first-order valence-electron chi connectivity index (χ1n) is 4.34. The lowest BCUT2D eigenvalue weighted by atomic mass is 9.99. The third-order valence-electron chi connectivity index (χ3n) is 1.86. The molecule has 0 spiro atoms. The molecule has 0 aliphatic rings. The van der Waals surface area contributed by atoms with E-state index in [0.29, 0.717) is 0 Å². The van der Waals surface area contributed by atoms with Crippen LogP contribution in [-0.4, -0.2) is 11.2 Å². The van der Waals surface area contributed by atoms with Gasteiger partial charge < -0.3 is 5.11 Å². The summed E-state index contributed by atoms with van der Waals surface area (Å²) in [5.41, 5.74) is 0. The Balaban J connectivity index is 3.12. The third kappa shape index (κ3) is 6.09. The molecular formula is C9H20O. The minimum Gasteiger partial charge on any atom is -0.393 e. The summed E-state index contributed by atoms with van der Waals surface area (Å²) in [4.78, 5) is 0. The van der Waals surface area contributed by atoms with Gasteiger partial charge in [0.25, 0.3) is 0 Å². The number of hydrogen-bond donors (Lipinski definition) is 1. The highest BCUT2D eigenvalue weighted by Gasteiger charge is 2.02. The van der Waals surface area contributed by atoms with Gasteiger partial charge >= 0.3 is 0 Å². The summed E-state index contributed by atoms with van der Waals surface area (Å²) in [6.45, 7) is 6.32. The Bertz CT molecular complexity index is 69.1. The molecule has 0 amide bonds. The first-order chi connectivity index (χ1) is 4.66. The zero-order chi connectivity index (χ0) is 7.98. The number of hydrogen-bond acceptors (Lipinski definition) is 1. The van der Waals surface area contributed by atoms with Crippen LogP contribution in [0, 0.1) is 5.92 Å². The molecule has 0 aromatic rings. The van der Waals surface area contributed by atoms with Crippen molar-refractivity contribution < 1.29 is 5.11 Å². The monoisotopic (exact) mass is 144 g/mol. The maximum atomic E-state index is 8.97. The Morgan fingerprint density at radius 3 is 2.10 bits per heavy atom. The largest absolute Gasteiger partial charge is 0.393 e. The lowest BCUT2D eigenvalue weighted by Crippen LogP contribution is -2.03. The molecule has 2 atom stereocenters. The molecule has 0 aliphatic carbocycles. The van der Waals surface area contributed by atoms with Gasteiger partial charge in [0.15, 0.2) is 0 Å². The minimum absolute atomic E-state index is 0.112. The normalized spacial score (nSPS) is 16.8. The van der Waals surface area contributed by atoms with Gasteiger partial charge in [0.2, 0.25) is 0 Å². The molecule has 0 rings (SSSR count). The summed E-state index contributed by atoms with van der Waals surface area (Å²) >= 11 is 0. The zero-order valence-corrected chi connectivity index (χ0v) is 7.43. The second kappa shape index (κ2) is 5.72. The Kier molecular flexibility index (Phi) is 5.70. The molecule has 1 nitrogen and oxygen atoms in total. The summed E-state index contributed by atoms with van der Waals surface area (Å²) < 4.78 is 0. The summed E-state index contributed by atoms with van der Waals surface area (Å²) in [6, 6.07) is 0. The molecule has 0 heterocycles. The zero-order valence-electron chi connectivity index (χ0n) is 7.43. The Hall–Kier alpha value is -0.0400. The van der Waals surface area contributed by atoms with E-state index in [1.807, 2.05) is 6.92 Å². The van der Waals surface area contributed by atoms with Crippen LogP contribution in [0.25, 0.3) is 0 Å². The van der Waals surface area contributed by atoms with E-state index >= 15 is 0 Å². The highest BCUT2D eigenvalue weighted by molar-refractivity contribution is 4.55. The van der Waals surface area contributed by atoms with Crippen LogP contribution in [0.5, 0.6) is 0 Å². The SMILES string of the molecule is CCC[C@@H](C)CCC(C)O. The Morgan fingerprint density at radius 1 is 1.10 bits per heavy atom. The van der Waals surface area contributed by atoms with Gasteiger partial charge in [-0.05, 0) is 25.7 Å². The van der Waals surface area contributed by atoms with Crippen molar-refractivity contribution in [3.8, 4) is 0 Å². The quantitative estimate of drug-likeness (QED) is 0.628. The molecule has 62 valence electrons. The average Bonchev–Trinajstić information content (AvgIpc) is 1.85. The fourth-order valence-corrected chi connectivity index (χ4v) is 1.16. The number of aliphatic hydroxyl groups is 1. The first kappa shape index (κ1) is 9.96. The van der Waals surface area contributed by atoms with Crippen molar-refractivity contribution in [2.24, 2.45) is 5.92 Å². The van der Waals surface area contributed by atoms with Gasteiger partial charge in [-0.25, -0.2) is 0 Å². The molecular weight excluding hydrogens is 124 g/mol. The van der Waals surface area contributed by atoms with Gasteiger partial charge in [-0.2, -0.15) is 0 Å². The van der Waals surface area contributed by atoms with Crippen LogP contribution in [0.4, 0.5) is 0 Å². The van der Waals surface area contributed by atoms with Crippen molar-refractivity contribution in [1.29, 1.82) is 0 Å². The summed E-state index contributed by atoms with van der Waals surface area (Å²) in [5, 5.41) is 8.97. The van der Waals surface area contributed by atoms with E-state index in [1.165, 1.54) is 19.3 Å². The summed E-state index contributed by atoms with van der Waals surface area (Å²) in [6.07, 6.45) is 4.58. The van der Waals surface area contributed by atoms with Gasteiger partial charge in [0, 0.05) is 0 Å². The molecule has 1 heteroatoms. The van der Waals surface area contributed by atoms with E-state index in [4.69, 9.17) is 5.11 Å². The van der Waals surface area contributed by atoms with Gasteiger partial charge in [-0.1, -0.05) is 26.7 Å². The molecule has 0 aliphatic heterocycles. The molecule has 1 unspecified atom stereocenters. The van der Waals surface area contributed by atoms with Crippen molar-refractivity contribution in [3.05, 3.63) is 0 Å². The molecule has 0 bridgehead atoms. The van der Waals surface area contributed by atoms with Crippen LogP contribution in [0.15, 0.2) is 0 Å². The molecule has 0 saturated carbocycles. The molecule has 10 heavy (non-hydrogen) atoms. The lowest BCUT2D eigenvalue weighted by Gasteiger charge is -2.10. The second-order valence-electron chi connectivity index (χ2n) is 3.32. The Morgan fingerprint density at radius 2 is 1.70 bits per heavy atom. The molecule has 0 aromatic heterocycles. The van der Waals surface area contributed by atoms with Gasteiger partial charge in [-0.15, -0.1) is 0 Å². The van der Waals surface area contributed by atoms with Crippen molar-refractivity contribution in [2.45, 2.75) is 52.6 Å². The summed E-state index contributed by atoms with van der Waals surface area (Å²) in [7, 11) is 0. The number of aliphatic hydroxyl groups excluding tert-OH is 1. The molecule has 0 radical (unpaired) electrons. The average molecular weight is 144 g/mol. The van der Waals surface area contributed by atoms with Gasteiger partial charge in [0.05, 0.1) is 6.10 Å². The topological polar surface area (TPSA) is 20.2 Å². The standard InChI is InChI=1S/C9H20O/c1-4-5-8(2)6-7-9(3)10/h8-10H,4-7H2,1-3H3/t8-,9?/m1/s1. The van der Waals surface area contributed by atoms with E-state index in [2.05, 4.69) is 13.8 Å². The van der Waals surface area contributed by atoms with E-state index in [0.717, 1.165) is 12.3 Å².